The summed E-state index contributed by atoms with van der Waals surface area (Å²) in [5.41, 5.74) is 6.06. The third-order valence-corrected chi connectivity index (χ3v) is 6.35. The lowest BCUT2D eigenvalue weighted by molar-refractivity contribution is -0.766. The van der Waals surface area contributed by atoms with E-state index in [1.54, 1.807) is 5.56 Å². The first-order chi connectivity index (χ1) is 10.6. The Morgan fingerprint density at radius 3 is 2.23 bits per heavy atom. The van der Waals surface area contributed by atoms with Crippen molar-refractivity contribution in [3.63, 3.8) is 0 Å². The number of nitrogens with zero attached hydrogens (tertiary/aromatic N) is 1. The van der Waals surface area contributed by atoms with Crippen molar-refractivity contribution in [2.45, 2.75) is 64.8 Å². The normalized spacial score (nSPS) is 22.0. The van der Waals surface area contributed by atoms with E-state index in [1.807, 2.05) is 0 Å². The summed E-state index contributed by atoms with van der Waals surface area (Å²) in [4.78, 5) is 0. The molecule has 0 spiro atoms. The summed E-state index contributed by atoms with van der Waals surface area (Å²) < 4.78 is 2.57. The van der Waals surface area contributed by atoms with Crippen molar-refractivity contribution in [3.8, 4) is 11.3 Å². The molecular formula is C21H28N+. The fourth-order valence-corrected chi connectivity index (χ4v) is 4.90. The molecule has 2 aromatic rings. The molecule has 116 valence electrons. The average Bonchev–Trinajstić information content (AvgIpc) is 2.56. The van der Waals surface area contributed by atoms with Gasteiger partial charge in [-0.15, -0.1) is 0 Å². The van der Waals surface area contributed by atoms with E-state index < -0.39 is 0 Å². The maximum atomic E-state index is 2.57. The molecule has 0 fully saturated rings. The van der Waals surface area contributed by atoms with Crippen LogP contribution in [0.3, 0.4) is 0 Å². The van der Waals surface area contributed by atoms with E-state index in [2.05, 4.69) is 81.8 Å². The minimum atomic E-state index is 0.117. The highest BCUT2D eigenvalue weighted by atomic mass is 15.1. The first-order valence-corrected chi connectivity index (χ1v) is 8.67. The van der Waals surface area contributed by atoms with Crippen molar-refractivity contribution in [2.75, 3.05) is 0 Å². The lowest BCUT2D eigenvalue weighted by Crippen LogP contribution is -2.68. The Balaban J connectivity index is 2.48. The first-order valence-electron chi connectivity index (χ1n) is 8.67. The molecule has 3 rings (SSSR count). The number of hydrogen-bond acceptors (Lipinski definition) is 0. The second-order valence-electron chi connectivity index (χ2n) is 6.87. The quantitative estimate of drug-likeness (QED) is 0.690. The number of hydrogen-bond donors (Lipinski definition) is 0. The smallest absolute Gasteiger partial charge is 0.192 e. The van der Waals surface area contributed by atoms with Crippen molar-refractivity contribution < 1.29 is 4.57 Å². The molecule has 0 aliphatic carbocycles. The molecule has 0 bridgehead atoms. The van der Waals surface area contributed by atoms with Gasteiger partial charge < -0.3 is 0 Å². The highest BCUT2D eigenvalue weighted by Crippen LogP contribution is 2.51. The molecule has 1 aromatic heterocycles. The van der Waals surface area contributed by atoms with Gasteiger partial charge in [-0.3, -0.25) is 0 Å². The molecule has 1 atom stereocenters. The zero-order chi connectivity index (χ0) is 16.0. The van der Waals surface area contributed by atoms with E-state index in [0.717, 1.165) is 6.42 Å². The average molecular weight is 294 g/mol. The van der Waals surface area contributed by atoms with Crippen LogP contribution in [-0.4, -0.2) is 0 Å². The summed E-state index contributed by atoms with van der Waals surface area (Å²) in [6.45, 7) is 11.8. The molecule has 1 aliphatic rings. The molecule has 2 heterocycles. The standard InChI is InChI=1S/C21H28N/c1-6-20(5)21(7-2,8-3)18-14-10-9-13-17(18)19-16(4)12-11-15-22(19)20/h9-15H,6-8H2,1-5H3/q+1. The van der Waals surface area contributed by atoms with Crippen LogP contribution in [0.25, 0.3) is 11.3 Å². The van der Waals surface area contributed by atoms with Gasteiger partial charge in [-0.05, 0) is 37.5 Å². The zero-order valence-corrected chi connectivity index (χ0v) is 14.6. The maximum Gasteiger partial charge on any atom is 0.216 e. The molecule has 1 nitrogen and oxygen atoms in total. The SMILES string of the molecule is CCC1(CC)c2ccccc2-c2c(C)ccc[n+]2C1(C)CC. The van der Waals surface area contributed by atoms with E-state index in [9.17, 15) is 0 Å². The summed E-state index contributed by atoms with van der Waals surface area (Å²) in [6, 6.07) is 13.5. The van der Waals surface area contributed by atoms with Crippen molar-refractivity contribution >= 4 is 0 Å². The van der Waals surface area contributed by atoms with E-state index >= 15 is 0 Å². The Kier molecular flexibility index (Phi) is 3.63. The topological polar surface area (TPSA) is 3.88 Å². The molecular weight excluding hydrogens is 266 g/mol. The Morgan fingerprint density at radius 2 is 1.59 bits per heavy atom. The lowest BCUT2D eigenvalue weighted by Gasteiger charge is -2.48. The highest BCUT2D eigenvalue weighted by molar-refractivity contribution is 5.68. The van der Waals surface area contributed by atoms with Crippen LogP contribution < -0.4 is 4.57 Å². The molecule has 1 unspecified atom stereocenters. The van der Waals surface area contributed by atoms with Crippen LogP contribution in [0.15, 0.2) is 42.6 Å². The Hall–Kier alpha value is -1.63. The van der Waals surface area contributed by atoms with Gasteiger partial charge in [0, 0.05) is 25.0 Å². The highest BCUT2D eigenvalue weighted by Gasteiger charge is 2.58. The maximum absolute atomic E-state index is 2.57. The Labute approximate surface area is 135 Å². The fraction of sp³-hybridized carbons (Fsp3) is 0.476. The van der Waals surface area contributed by atoms with Gasteiger partial charge in [-0.25, -0.2) is 0 Å². The first kappa shape index (κ1) is 15.3. The monoisotopic (exact) mass is 294 g/mol. The van der Waals surface area contributed by atoms with Gasteiger partial charge in [-0.1, -0.05) is 39.0 Å². The number of benzene rings is 1. The minimum absolute atomic E-state index is 0.117. The van der Waals surface area contributed by atoms with Crippen LogP contribution in [0.4, 0.5) is 0 Å². The molecule has 0 amide bonds. The van der Waals surface area contributed by atoms with Crippen molar-refractivity contribution in [2.24, 2.45) is 0 Å². The molecule has 1 aliphatic heterocycles. The van der Waals surface area contributed by atoms with Crippen LogP contribution in [0.2, 0.25) is 0 Å². The van der Waals surface area contributed by atoms with E-state index in [4.69, 9.17) is 0 Å². The summed E-state index contributed by atoms with van der Waals surface area (Å²) in [7, 11) is 0. The number of fused-ring (bicyclic) bond motifs is 3. The van der Waals surface area contributed by atoms with E-state index in [1.165, 1.54) is 29.7 Å². The van der Waals surface area contributed by atoms with E-state index in [-0.39, 0.29) is 11.0 Å². The zero-order valence-electron chi connectivity index (χ0n) is 14.6. The largest absolute Gasteiger partial charge is 0.216 e. The molecule has 22 heavy (non-hydrogen) atoms. The van der Waals surface area contributed by atoms with E-state index in [0.29, 0.717) is 0 Å². The Morgan fingerprint density at radius 1 is 0.909 bits per heavy atom. The van der Waals surface area contributed by atoms with Crippen LogP contribution in [-0.2, 0) is 11.0 Å². The molecule has 1 aromatic carbocycles. The summed E-state index contributed by atoms with van der Waals surface area (Å²) in [5.74, 6) is 0. The van der Waals surface area contributed by atoms with Crippen molar-refractivity contribution in [3.05, 3.63) is 53.7 Å². The second-order valence-corrected chi connectivity index (χ2v) is 6.87. The van der Waals surface area contributed by atoms with Gasteiger partial charge in [0.15, 0.2) is 11.7 Å². The van der Waals surface area contributed by atoms with Crippen LogP contribution >= 0.6 is 0 Å². The third kappa shape index (κ3) is 1.68. The van der Waals surface area contributed by atoms with Gasteiger partial charge in [0.1, 0.15) is 0 Å². The predicted molar refractivity (Wildman–Crippen MR) is 93.0 cm³/mol. The molecule has 0 radical (unpaired) electrons. The summed E-state index contributed by atoms with van der Waals surface area (Å²) in [5, 5.41) is 0. The number of pyridine rings is 1. The molecule has 1 heteroatoms. The van der Waals surface area contributed by atoms with Gasteiger partial charge in [0.2, 0.25) is 5.69 Å². The predicted octanol–water partition coefficient (Wildman–Crippen LogP) is 5.15. The van der Waals surface area contributed by atoms with Crippen LogP contribution in [0, 0.1) is 6.92 Å². The number of aromatic nitrogens is 1. The van der Waals surface area contributed by atoms with Crippen LogP contribution in [0.1, 0.15) is 58.1 Å². The van der Waals surface area contributed by atoms with Gasteiger partial charge >= 0.3 is 0 Å². The molecule has 0 saturated heterocycles. The van der Waals surface area contributed by atoms with Crippen molar-refractivity contribution in [1.82, 2.24) is 0 Å². The summed E-state index contributed by atoms with van der Waals surface area (Å²) >= 11 is 0. The van der Waals surface area contributed by atoms with Crippen molar-refractivity contribution in [1.29, 1.82) is 0 Å². The number of rotatable bonds is 3. The van der Waals surface area contributed by atoms with Gasteiger partial charge in [-0.2, -0.15) is 4.57 Å². The fourth-order valence-electron chi connectivity index (χ4n) is 4.90. The third-order valence-electron chi connectivity index (χ3n) is 6.35. The van der Waals surface area contributed by atoms with Gasteiger partial charge in [0.25, 0.3) is 0 Å². The number of aryl methyl sites for hydroxylation is 1. The van der Waals surface area contributed by atoms with Crippen LogP contribution in [0.5, 0.6) is 0 Å². The summed E-state index contributed by atoms with van der Waals surface area (Å²) in [6.07, 6.45) is 5.78. The molecule has 0 saturated carbocycles. The second kappa shape index (κ2) is 5.22. The minimum Gasteiger partial charge on any atom is -0.192 e. The Bertz CT molecular complexity index is 697. The molecule has 0 N–H and O–H groups in total. The lowest BCUT2D eigenvalue weighted by atomic mass is 9.58. The van der Waals surface area contributed by atoms with Gasteiger partial charge in [0.05, 0.1) is 11.0 Å².